The van der Waals surface area contributed by atoms with E-state index in [1.165, 1.54) is 28.8 Å². The van der Waals surface area contributed by atoms with Gasteiger partial charge in [0.1, 0.15) is 24.1 Å². The first-order valence-corrected chi connectivity index (χ1v) is 16.6. The molecule has 2 amide bonds. The van der Waals surface area contributed by atoms with Gasteiger partial charge in [-0.2, -0.15) is 0 Å². The lowest BCUT2D eigenvalue weighted by Gasteiger charge is -2.33. The van der Waals surface area contributed by atoms with Gasteiger partial charge in [0.05, 0.1) is 24.3 Å². The first-order chi connectivity index (χ1) is 20.3. The summed E-state index contributed by atoms with van der Waals surface area (Å²) in [5.74, 6) is 0.344. The molecule has 0 spiro atoms. The zero-order chi connectivity index (χ0) is 31.8. The molecule has 0 aliphatic heterocycles. The molecule has 0 radical (unpaired) electrons. The van der Waals surface area contributed by atoms with Crippen molar-refractivity contribution in [1.82, 2.24) is 10.2 Å². The van der Waals surface area contributed by atoms with Gasteiger partial charge in [-0.1, -0.05) is 12.1 Å². The molecule has 9 nitrogen and oxygen atoms in total. The molecule has 0 unspecified atom stereocenters. The highest BCUT2D eigenvalue weighted by molar-refractivity contribution is 7.98. The summed E-state index contributed by atoms with van der Waals surface area (Å²) in [7, 11) is -2.61. The van der Waals surface area contributed by atoms with Gasteiger partial charge in [0.25, 0.3) is 10.0 Å². The van der Waals surface area contributed by atoms with Crippen LogP contribution in [-0.4, -0.2) is 63.2 Å². The Hall–Kier alpha value is -3.70. The molecule has 0 heterocycles. The summed E-state index contributed by atoms with van der Waals surface area (Å²) in [6, 6.07) is 19.3. The van der Waals surface area contributed by atoms with Crippen molar-refractivity contribution in [1.29, 1.82) is 0 Å². The molecule has 0 saturated heterocycles. The minimum Gasteiger partial charge on any atom is -0.497 e. The monoisotopic (exact) mass is 627 g/mol. The Morgan fingerprint density at radius 2 is 1.51 bits per heavy atom. The smallest absolute Gasteiger partial charge is 0.264 e. The van der Waals surface area contributed by atoms with Crippen LogP contribution in [-0.2, 0) is 26.2 Å². The number of nitrogens with zero attached hydrogens (tertiary/aromatic N) is 2. The van der Waals surface area contributed by atoms with Crippen LogP contribution in [0.3, 0.4) is 0 Å². The number of anilines is 1. The Kier molecular flexibility index (Phi) is 11.5. The van der Waals surface area contributed by atoms with E-state index in [0.29, 0.717) is 23.8 Å². The summed E-state index contributed by atoms with van der Waals surface area (Å²) >= 11 is 1.50. The van der Waals surface area contributed by atoms with E-state index in [-0.39, 0.29) is 17.3 Å². The lowest BCUT2D eigenvalue weighted by molar-refractivity contribution is -0.140. The van der Waals surface area contributed by atoms with E-state index >= 15 is 0 Å². The van der Waals surface area contributed by atoms with Gasteiger partial charge in [0, 0.05) is 17.0 Å². The van der Waals surface area contributed by atoms with E-state index in [9.17, 15) is 18.0 Å². The van der Waals surface area contributed by atoms with Crippen LogP contribution < -0.4 is 19.1 Å². The molecule has 3 aromatic rings. The summed E-state index contributed by atoms with van der Waals surface area (Å²) in [6.07, 6.45) is 1.91. The van der Waals surface area contributed by atoms with Gasteiger partial charge in [-0.25, -0.2) is 8.42 Å². The van der Waals surface area contributed by atoms with Crippen LogP contribution in [0, 0.1) is 0 Å². The Balaban J connectivity index is 2.04. The highest BCUT2D eigenvalue weighted by Gasteiger charge is 2.33. The van der Waals surface area contributed by atoms with Gasteiger partial charge in [-0.05, 0) is 107 Å². The molecule has 1 atom stereocenters. The average molecular weight is 628 g/mol. The van der Waals surface area contributed by atoms with E-state index in [0.717, 1.165) is 14.8 Å². The van der Waals surface area contributed by atoms with E-state index < -0.39 is 34.1 Å². The topological polar surface area (TPSA) is 105 Å². The number of sulfonamides is 1. The number of thioether (sulfide) groups is 1. The zero-order valence-corrected chi connectivity index (χ0v) is 27.4. The average Bonchev–Trinajstić information content (AvgIpc) is 2.98. The van der Waals surface area contributed by atoms with Gasteiger partial charge in [0.15, 0.2) is 0 Å². The third-order valence-corrected chi connectivity index (χ3v) is 9.07. The number of nitrogens with one attached hydrogen (secondary N) is 1. The number of rotatable bonds is 13. The molecule has 43 heavy (non-hydrogen) atoms. The number of methoxy groups -OCH3 is 1. The maximum absolute atomic E-state index is 14.1. The number of carbonyl (C=O) groups is 2. The molecule has 11 heteroatoms. The molecule has 232 valence electrons. The molecule has 3 rings (SSSR count). The number of hydrogen-bond donors (Lipinski definition) is 1. The minimum absolute atomic E-state index is 0.0483. The molecule has 0 aliphatic carbocycles. The standard InChI is InChI=1S/C32H41N3O6S2/c1-8-41-27-15-11-25(12-16-27)35(43(38,39)29-19-17-28(42-7)18-20-29)22-30(36)34(23(2)31(37)33-32(3,4)5)21-24-9-13-26(40-6)14-10-24/h9-20,23H,8,21-22H2,1-7H3,(H,33,37)/t23-/m1/s1. The second-order valence-corrected chi connectivity index (χ2v) is 13.6. The summed E-state index contributed by atoms with van der Waals surface area (Å²) < 4.78 is 40.0. The third kappa shape index (κ3) is 9.14. The second kappa shape index (κ2) is 14.7. The second-order valence-electron chi connectivity index (χ2n) is 10.9. The third-order valence-electron chi connectivity index (χ3n) is 6.54. The number of amides is 2. The zero-order valence-electron chi connectivity index (χ0n) is 25.8. The molecule has 0 saturated carbocycles. The predicted molar refractivity (Wildman–Crippen MR) is 171 cm³/mol. The fourth-order valence-corrected chi connectivity index (χ4v) is 6.09. The number of carbonyl (C=O) groups excluding carboxylic acids is 2. The largest absolute Gasteiger partial charge is 0.497 e. The summed E-state index contributed by atoms with van der Waals surface area (Å²) in [5, 5.41) is 2.93. The Bertz CT molecular complexity index is 1470. The lowest BCUT2D eigenvalue weighted by Crippen LogP contribution is -2.54. The van der Waals surface area contributed by atoms with Crippen molar-refractivity contribution in [3.05, 3.63) is 78.4 Å². The quantitative estimate of drug-likeness (QED) is 0.255. The molecule has 0 aliphatic rings. The maximum Gasteiger partial charge on any atom is 0.264 e. The number of hydrogen-bond acceptors (Lipinski definition) is 7. The first kappa shape index (κ1) is 33.8. The molecule has 0 aromatic heterocycles. The van der Waals surface area contributed by atoms with Crippen LogP contribution in [0.1, 0.15) is 40.2 Å². The van der Waals surface area contributed by atoms with Crippen molar-refractivity contribution >= 4 is 39.3 Å². The van der Waals surface area contributed by atoms with Gasteiger partial charge < -0.3 is 19.7 Å². The minimum atomic E-state index is -4.17. The molecule has 1 N–H and O–H groups in total. The fraction of sp³-hybridized carbons (Fsp3) is 0.375. The van der Waals surface area contributed by atoms with Crippen molar-refractivity contribution in [3.8, 4) is 11.5 Å². The number of benzene rings is 3. The Morgan fingerprint density at radius 1 is 0.930 bits per heavy atom. The van der Waals surface area contributed by atoms with Gasteiger partial charge >= 0.3 is 0 Å². The van der Waals surface area contributed by atoms with Crippen LogP contribution in [0.2, 0.25) is 0 Å². The molecule has 3 aromatic carbocycles. The summed E-state index contributed by atoms with van der Waals surface area (Å²) in [6.45, 7) is 9.08. The fourth-order valence-electron chi connectivity index (χ4n) is 4.26. The van der Waals surface area contributed by atoms with Crippen molar-refractivity contribution in [2.24, 2.45) is 0 Å². The van der Waals surface area contributed by atoms with Crippen molar-refractivity contribution in [3.63, 3.8) is 0 Å². The predicted octanol–water partition coefficient (Wildman–Crippen LogP) is 5.34. The van der Waals surface area contributed by atoms with Crippen LogP contribution in [0.15, 0.2) is 82.6 Å². The lowest BCUT2D eigenvalue weighted by atomic mass is 10.1. The summed E-state index contributed by atoms with van der Waals surface area (Å²) in [4.78, 5) is 29.7. The Morgan fingerprint density at radius 3 is 2.02 bits per heavy atom. The molecule has 0 bridgehead atoms. The van der Waals surface area contributed by atoms with E-state index in [2.05, 4.69) is 5.32 Å². The van der Waals surface area contributed by atoms with Gasteiger partial charge in [-0.15, -0.1) is 11.8 Å². The van der Waals surface area contributed by atoms with Crippen LogP contribution in [0.25, 0.3) is 0 Å². The highest BCUT2D eigenvalue weighted by atomic mass is 32.2. The van der Waals surface area contributed by atoms with Crippen LogP contribution in [0.5, 0.6) is 11.5 Å². The Labute approximate surface area is 259 Å². The van der Waals surface area contributed by atoms with Gasteiger partial charge in [0.2, 0.25) is 11.8 Å². The maximum atomic E-state index is 14.1. The molecule has 0 fully saturated rings. The number of ether oxygens (including phenoxy) is 2. The normalized spacial score (nSPS) is 12.3. The first-order valence-electron chi connectivity index (χ1n) is 13.9. The molecular weight excluding hydrogens is 587 g/mol. The SMILES string of the molecule is CCOc1ccc(N(CC(=O)N(Cc2ccc(OC)cc2)[C@H](C)C(=O)NC(C)(C)C)S(=O)(=O)c2ccc(SC)cc2)cc1. The van der Waals surface area contributed by atoms with E-state index in [1.54, 1.807) is 62.6 Å². The van der Waals surface area contributed by atoms with Crippen molar-refractivity contribution in [2.75, 3.05) is 30.8 Å². The highest BCUT2D eigenvalue weighted by Crippen LogP contribution is 2.28. The van der Waals surface area contributed by atoms with E-state index in [4.69, 9.17) is 9.47 Å². The van der Waals surface area contributed by atoms with Crippen molar-refractivity contribution < 1.29 is 27.5 Å². The molecular formula is C32H41N3O6S2. The van der Waals surface area contributed by atoms with Gasteiger partial charge in [-0.3, -0.25) is 13.9 Å². The van der Waals surface area contributed by atoms with Crippen LogP contribution >= 0.6 is 11.8 Å². The van der Waals surface area contributed by atoms with Crippen LogP contribution in [0.4, 0.5) is 5.69 Å². The summed E-state index contributed by atoms with van der Waals surface area (Å²) in [5.41, 5.74) is 0.524. The van der Waals surface area contributed by atoms with E-state index in [1.807, 2.05) is 46.1 Å². The van der Waals surface area contributed by atoms with Crippen molar-refractivity contribution in [2.45, 2.75) is 62.5 Å².